The molecule has 0 unspecified atom stereocenters. The highest BCUT2D eigenvalue weighted by Gasteiger charge is 2.41. The normalized spacial score (nSPS) is 20.9. The zero-order valence-corrected chi connectivity index (χ0v) is 17.3. The van der Waals surface area contributed by atoms with E-state index in [1.54, 1.807) is 12.4 Å². The Bertz CT molecular complexity index is 1210. The molecular formula is C22H20ClN5O2. The second kappa shape index (κ2) is 7.04. The Morgan fingerprint density at radius 2 is 2.00 bits per heavy atom. The molecule has 0 bridgehead atoms. The fourth-order valence-electron chi connectivity index (χ4n) is 4.13. The second-order valence-electron chi connectivity index (χ2n) is 7.96. The summed E-state index contributed by atoms with van der Waals surface area (Å²) in [6.07, 6.45) is 6.31. The summed E-state index contributed by atoms with van der Waals surface area (Å²) >= 11 is 6.45. The van der Waals surface area contributed by atoms with E-state index in [0.29, 0.717) is 35.0 Å². The zero-order valence-electron chi connectivity index (χ0n) is 16.6. The fraction of sp³-hybridized carbons (Fsp3) is 0.273. The lowest BCUT2D eigenvalue weighted by atomic mass is 9.77. The topological polar surface area (TPSA) is 89.9 Å². The molecule has 0 radical (unpaired) electrons. The van der Waals surface area contributed by atoms with Gasteiger partial charge in [-0.3, -0.25) is 4.68 Å². The number of nitrogens with zero attached hydrogens (tertiary/aromatic N) is 5. The fourth-order valence-corrected chi connectivity index (χ4v) is 4.36. The van der Waals surface area contributed by atoms with E-state index in [-0.39, 0.29) is 6.04 Å². The molecule has 3 aromatic heterocycles. The molecule has 0 atom stereocenters. The van der Waals surface area contributed by atoms with Crippen molar-refractivity contribution in [3.8, 4) is 33.8 Å². The Morgan fingerprint density at radius 1 is 1.20 bits per heavy atom. The molecule has 30 heavy (non-hydrogen) atoms. The molecule has 4 aromatic rings. The van der Waals surface area contributed by atoms with E-state index in [0.717, 1.165) is 22.4 Å². The third-order valence-corrected chi connectivity index (χ3v) is 5.97. The third kappa shape index (κ3) is 3.11. The minimum absolute atomic E-state index is 0.169. The van der Waals surface area contributed by atoms with Crippen molar-refractivity contribution in [3.05, 3.63) is 59.8 Å². The molecule has 1 saturated carbocycles. The van der Waals surface area contributed by atoms with Gasteiger partial charge in [-0.25, -0.2) is 9.97 Å². The predicted octanol–water partition coefficient (Wildman–Crippen LogP) is 4.71. The highest BCUT2D eigenvalue weighted by Crippen LogP contribution is 2.45. The first-order chi connectivity index (χ1) is 14.4. The molecule has 1 aliphatic carbocycles. The van der Waals surface area contributed by atoms with Gasteiger partial charge in [-0.2, -0.15) is 5.10 Å². The summed E-state index contributed by atoms with van der Waals surface area (Å²) in [5.74, 6) is 0.582. The summed E-state index contributed by atoms with van der Waals surface area (Å²) in [4.78, 5) is 8.45. The Hall–Kier alpha value is -3.03. The molecule has 0 amide bonds. The van der Waals surface area contributed by atoms with Crippen molar-refractivity contribution in [1.29, 1.82) is 0 Å². The van der Waals surface area contributed by atoms with E-state index >= 15 is 0 Å². The van der Waals surface area contributed by atoms with Crippen LogP contribution >= 0.6 is 11.6 Å². The van der Waals surface area contributed by atoms with Crippen molar-refractivity contribution in [2.45, 2.75) is 38.3 Å². The molecule has 8 heteroatoms. The van der Waals surface area contributed by atoms with Gasteiger partial charge in [0.05, 0.1) is 39.7 Å². The van der Waals surface area contributed by atoms with Crippen LogP contribution in [0.5, 0.6) is 0 Å². The Balaban J connectivity index is 1.66. The molecule has 3 heterocycles. The summed E-state index contributed by atoms with van der Waals surface area (Å²) in [6, 6.07) is 9.49. The molecule has 0 spiro atoms. The largest absolute Gasteiger partial charge is 0.390 e. The van der Waals surface area contributed by atoms with E-state index in [9.17, 15) is 5.11 Å². The number of aliphatic hydroxyl groups is 1. The van der Waals surface area contributed by atoms with Gasteiger partial charge in [0.25, 0.3) is 0 Å². The van der Waals surface area contributed by atoms with Crippen molar-refractivity contribution in [2.24, 2.45) is 0 Å². The van der Waals surface area contributed by atoms with Gasteiger partial charge >= 0.3 is 0 Å². The summed E-state index contributed by atoms with van der Waals surface area (Å²) in [7, 11) is 0. The summed E-state index contributed by atoms with van der Waals surface area (Å²) in [5, 5.41) is 19.6. The van der Waals surface area contributed by atoms with Crippen LogP contribution in [0, 0.1) is 6.92 Å². The number of rotatable bonds is 4. The number of hydrogen-bond acceptors (Lipinski definition) is 6. The monoisotopic (exact) mass is 421 g/mol. The van der Waals surface area contributed by atoms with Crippen LogP contribution in [0.3, 0.4) is 0 Å². The van der Waals surface area contributed by atoms with Crippen molar-refractivity contribution in [2.75, 3.05) is 0 Å². The van der Waals surface area contributed by atoms with Gasteiger partial charge in [0.1, 0.15) is 12.0 Å². The van der Waals surface area contributed by atoms with Crippen LogP contribution in [-0.2, 0) is 0 Å². The second-order valence-corrected chi connectivity index (χ2v) is 8.36. The summed E-state index contributed by atoms with van der Waals surface area (Å²) < 4.78 is 7.79. The number of hydrogen-bond donors (Lipinski definition) is 1. The molecule has 1 N–H and O–H groups in total. The molecule has 1 aliphatic rings. The van der Waals surface area contributed by atoms with Crippen LogP contribution in [-0.4, -0.2) is 35.6 Å². The van der Waals surface area contributed by atoms with Crippen molar-refractivity contribution in [1.82, 2.24) is 24.9 Å². The molecule has 152 valence electrons. The quantitative estimate of drug-likeness (QED) is 0.513. The first-order valence-electron chi connectivity index (χ1n) is 9.72. The van der Waals surface area contributed by atoms with Crippen LogP contribution in [0.1, 0.15) is 31.5 Å². The summed E-state index contributed by atoms with van der Waals surface area (Å²) in [6.45, 7) is 3.85. The lowest BCUT2D eigenvalue weighted by Crippen LogP contribution is -2.42. The van der Waals surface area contributed by atoms with E-state index in [2.05, 4.69) is 20.2 Å². The van der Waals surface area contributed by atoms with Gasteiger partial charge in [0, 0.05) is 17.5 Å². The Labute approximate surface area is 178 Å². The lowest BCUT2D eigenvalue weighted by Gasteiger charge is -2.41. The van der Waals surface area contributed by atoms with Crippen LogP contribution in [0.25, 0.3) is 33.8 Å². The van der Waals surface area contributed by atoms with Crippen molar-refractivity contribution >= 4 is 11.6 Å². The molecule has 1 fully saturated rings. The molecule has 5 rings (SSSR count). The smallest absolute Gasteiger partial charge is 0.180 e. The predicted molar refractivity (Wildman–Crippen MR) is 113 cm³/mol. The Morgan fingerprint density at radius 3 is 2.70 bits per heavy atom. The maximum atomic E-state index is 10.1. The standard InChI is InChI=1S/C22H20ClN5O2/c1-13-16(11-26-28(13)14-9-22(2,29)10-14)21-19(18-7-8-24-12-25-18)20(27-30-21)15-5-3-4-6-17(15)23/h3-8,11-12,14,29H,9-10H2,1-2H3/t14-,22+. The van der Waals surface area contributed by atoms with E-state index in [4.69, 9.17) is 16.1 Å². The molecule has 7 nitrogen and oxygen atoms in total. The minimum atomic E-state index is -0.626. The zero-order chi connectivity index (χ0) is 20.9. The van der Waals surface area contributed by atoms with Gasteiger partial charge in [0.2, 0.25) is 0 Å². The van der Waals surface area contributed by atoms with E-state index in [1.807, 2.05) is 48.9 Å². The number of benzene rings is 1. The summed E-state index contributed by atoms with van der Waals surface area (Å²) in [5.41, 5.74) is 3.98. The highest BCUT2D eigenvalue weighted by atomic mass is 35.5. The molecular weight excluding hydrogens is 402 g/mol. The lowest BCUT2D eigenvalue weighted by molar-refractivity contribution is -0.0548. The molecule has 0 saturated heterocycles. The first-order valence-corrected chi connectivity index (χ1v) is 10.1. The van der Waals surface area contributed by atoms with E-state index < -0.39 is 5.60 Å². The highest BCUT2D eigenvalue weighted by molar-refractivity contribution is 6.33. The molecule has 0 aliphatic heterocycles. The average molecular weight is 422 g/mol. The third-order valence-electron chi connectivity index (χ3n) is 5.65. The van der Waals surface area contributed by atoms with Crippen molar-refractivity contribution in [3.63, 3.8) is 0 Å². The van der Waals surface area contributed by atoms with Gasteiger partial charge in [-0.1, -0.05) is 35.0 Å². The first kappa shape index (κ1) is 19.0. The van der Waals surface area contributed by atoms with Crippen LogP contribution in [0.15, 0.2) is 53.6 Å². The van der Waals surface area contributed by atoms with Crippen LogP contribution < -0.4 is 0 Å². The van der Waals surface area contributed by atoms with Gasteiger partial charge in [-0.15, -0.1) is 0 Å². The van der Waals surface area contributed by atoms with E-state index in [1.165, 1.54) is 6.33 Å². The van der Waals surface area contributed by atoms with Gasteiger partial charge in [0.15, 0.2) is 5.76 Å². The molecule has 1 aromatic carbocycles. The SMILES string of the molecule is Cc1c(-c2onc(-c3ccccc3Cl)c2-c2ccncn2)cnn1[C@H]1C[C@@](C)(O)C1. The maximum Gasteiger partial charge on any atom is 0.180 e. The number of halogens is 1. The van der Waals surface area contributed by atoms with Gasteiger partial charge < -0.3 is 9.63 Å². The minimum Gasteiger partial charge on any atom is -0.390 e. The Kier molecular flexibility index (Phi) is 4.45. The average Bonchev–Trinajstić information content (AvgIpc) is 3.30. The maximum absolute atomic E-state index is 10.1. The van der Waals surface area contributed by atoms with Crippen LogP contribution in [0.4, 0.5) is 0 Å². The number of aromatic nitrogens is 5. The van der Waals surface area contributed by atoms with Crippen LogP contribution in [0.2, 0.25) is 5.02 Å². The van der Waals surface area contributed by atoms with Crippen molar-refractivity contribution < 1.29 is 9.63 Å². The van der Waals surface area contributed by atoms with Gasteiger partial charge in [-0.05, 0) is 38.8 Å².